The second-order valence-electron chi connectivity index (χ2n) is 9.21. The molecule has 0 aliphatic carbocycles. The molecule has 2 amide bonds. The Hall–Kier alpha value is -4.89. The van der Waals surface area contributed by atoms with Gasteiger partial charge in [-0.15, -0.1) is 0 Å². The monoisotopic (exact) mass is 554 g/mol. The number of anilines is 2. The first-order chi connectivity index (χ1) is 20.0. The summed E-state index contributed by atoms with van der Waals surface area (Å²) in [7, 11) is 1.57. The minimum atomic E-state index is -0.504. The molecule has 210 valence electrons. The Kier molecular flexibility index (Phi) is 8.76. The second kappa shape index (κ2) is 13.0. The SMILES string of the molecule is COc1ccc(N(N)C(=O)Nc2ccc(Oc3ccnc4cc(OCCN5CCOCC5)c(C#N)cc34)cc2)cc1. The van der Waals surface area contributed by atoms with Crippen LogP contribution in [0.15, 0.2) is 72.9 Å². The molecule has 5 rings (SSSR count). The van der Waals surface area contributed by atoms with Crippen molar-refractivity contribution in [2.24, 2.45) is 5.84 Å². The molecule has 4 aromatic rings. The van der Waals surface area contributed by atoms with Crippen LogP contribution in [0, 0.1) is 11.3 Å². The predicted molar refractivity (Wildman–Crippen MR) is 154 cm³/mol. The van der Waals surface area contributed by atoms with E-state index in [0.29, 0.717) is 57.4 Å². The molecule has 0 atom stereocenters. The standard InChI is InChI=1S/C30H30N6O5/c1-38-24-8-4-23(5-9-24)36(32)30(37)34-22-2-6-25(7-3-22)41-28-10-11-33-27-19-29(21(20-31)18-26(27)28)40-17-14-35-12-15-39-16-13-35/h2-11,18-19H,12-17,32H2,1H3,(H,34,37). The number of nitrogens with two attached hydrogens (primary N) is 1. The number of rotatable bonds is 9. The molecule has 11 heteroatoms. The van der Waals surface area contributed by atoms with Crippen molar-refractivity contribution in [2.75, 3.05) is 56.9 Å². The van der Waals surface area contributed by atoms with Crippen molar-refractivity contribution in [1.82, 2.24) is 9.88 Å². The van der Waals surface area contributed by atoms with Gasteiger partial charge in [0.05, 0.1) is 37.1 Å². The molecule has 0 spiro atoms. The molecule has 1 fully saturated rings. The number of hydrogen-bond donors (Lipinski definition) is 2. The highest BCUT2D eigenvalue weighted by atomic mass is 16.5. The van der Waals surface area contributed by atoms with Gasteiger partial charge in [-0.25, -0.2) is 15.6 Å². The van der Waals surface area contributed by atoms with Crippen molar-refractivity contribution < 1.29 is 23.7 Å². The van der Waals surface area contributed by atoms with Gasteiger partial charge in [-0.3, -0.25) is 9.88 Å². The van der Waals surface area contributed by atoms with Crippen LogP contribution in [0.4, 0.5) is 16.2 Å². The molecule has 1 aliphatic rings. The summed E-state index contributed by atoms with van der Waals surface area (Å²) in [5.74, 6) is 8.20. The fourth-order valence-corrected chi connectivity index (χ4v) is 4.33. The number of aromatic nitrogens is 1. The van der Waals surface area contributed by atoms with Gasteiger partial charge in [-0.2, -0.15) is 5.26 Å². The highest BCUT2D eigenvalue weighted by Crippen LogP contribution is 2.33. The average molecular weight is 555 g/mol. The number of carbonyl (C=O) groups is 1. The molecule has 2 heterocycles. The third-order valence-electron chi connectivity index (χ3n) is 6.59. The maximum atomic E-state index is 12.6. The minimum absolute atomic E-state index is 0.401. The number of nitrogens with one attached hydrogen (secondary N) is 1. The molecule has 11 nitrogen and oxygen atoms in total. The van der Waals surface area contributed by atoms with Gasteiger partial charge in [0, 0.05) is 43.0 Å². The molecule has 0 radical (unpaired) electrons. The van der Waals surface area contributed by atoms with Crippen LogP contribution in [0.3, 0.4) is 0 Å². The maximum absolute atomic E-state index is 12.6. The van der Waals surface area contributed by atoms with E-state index in [1.165, 1.54) is 0 Å². The molecule has 1 saturated heterocycles. The Morgan fingerprint density at radius 3 is 2.51 bits per heavy atom. The first-order valence-electron chi connectivity index (χ1n) is 13.1. The number of ether oxygens (including phenoxy) is 4. The van der Waals surface area contributed by atoms with E-state index in [1.807, 2.05) is 0 Å². The van der Waals surface area contributed by atoms with Gasteiger partial charge in [0.2, 0.25) is 0 Å². The first-order valence-corrected chi connectivity index (χ1v) is 13.1. The number of nitrogens with zero attached hydrogens (tertiary/aromatic N) is 4. The van der Waals surface area contributed by atoms with Crippen LogP contribution in [0.5, 0.6) is 23.0 Å². The van der Waals surface area contributed by atoms with Gasteiger partial charge in [-0.1, -0.05) is 0 Å². The van der Waals surface area contributed by atoms with Crippen LogP contribution in [-0.2, 0) is 4.74 Å². The summed E-state index contributed by atoms with van der Waals surface area (Å²) < 4.78 is 22.6. The van der Waals surface area contributed by atoms with Gasteiger partial charge >= 0.3 is 6.03 Å². The van der Waals surface area contributed by atoms with Crippen LogP contribution < -0.4 is 30.4 Å². The largest absolute Gasteiger partial charge is 0.497 e. The van der Waals surface area contributed by atoms with Gasteiger partial charge in [-0.05, 0) is 60.7 Å². The van der Waals surface area contributed by atoms with Crippen LogP contribution in [0.1, 0.15) is 5.56 Å². The topological polar surface area (TPSA) is 135 Å². The summed E-state index contributed by atoms with van der Waals surface area (Å²) >= 11 is 0. The normalized spacial score (nSPS) is 13.3. The predicted octanol–water partition coefficient (Wildman–Crippen LogP) is 4.53. The molecule has 1 aromatic heterocycles. The van der Waals surface area contributed by atoms with Gasteiger partial charge < -0.3 is 24.3 Å². The van der Waals surface area contributed by atoms with Crippen LogP contribution in [0.2, 0.25) is 0 Å². The number of pyridine rings is 1. The summed E-state index contributed by atoms with van der Waals surface area (Å²) in [5.41, 5.74) is 2.10. The Morgan fingerprint density at radius 2 is 1.80 bits per heavy atom. The van der Waals surface area contributed by atoms with E-state index in [2.05, 4.69) is 21.3 Å². The number of carbonyl (C=O) groups excluding carboxylic acids is 1. The third kappa shape index (κ3) is 6.82. The Balaban J connectivity index is 1.24. The van der Waals surface area contributed by atoms with Crippen LogP contribution in [-0.4, -0.2) is 62.5 Å². The molecule has 3 N–H and O–H groups in total. The zero-order valence-electron chi connectivity index (χ0n) is 22.6. The Bertz CT molecular complexity index is 1530. The summed E-state index contributed by atoms with van der Waals surface area (Å²) in [6.07, 6.45) is 1.64. The lowest BCUT2D eigenvalue weighted by molar-refractivity contribution is 0.0322. The number of methoxy groups -OCH3 is 1. The lowest BCUT2D eigenvalue weighted by Gasteiger charge is -2.26. The van der Waals surface area contributed by atoms with Gasteiger partial charge in [0.1, 0.15) is 35.7 Å². The fourth-order valence-electron chi connectivity index (χ4n) is 4.33. The molecule has 41 heavy (non-hydrogen) atoms. The van der Waals surface area contributed by atoms with E-state index < -0.39 is 6.03 Å². The number of benzene rings is 3. The minimum Gasteiger partial charge on any atom is -0.497 e. The van der Waals surface area contributed by atoms with E-state index in [0.717, 1.165) is 37.9 Å². The number of nitriles is 1. The molecule has 3 aromatic carbocycles. The summed E-state index contributed by atoms with van der Waals surface area (Å²) in [6.45, 7) is 4.40. The number of morpholine rings is 1. The second-order valence-corrected chi connectivity index (χ2v) is 9.21. The van der Waals surface area contributed by atoms with Crippen molar-refractivity contribution in [3.05, 3.63) is 78.5 Å². The van der Waals surface area contributed by atoms with Crippen molar-refractivity contribution >= 4 is 28.3 Å². The Labute approximate surface area is 237 Å². The molecule has 0 bridgehead atoms. The fraction of sp³-hybridized carbons (Fsp3) is 0.233. The molecule has 0 unspecified atom stereocenters. The molecule has 0 saturated carbocycles. The smallest absolute Gasteiger partial charge is 0.340 e. The van der Waals surface area contributed by atoms with E-state index >= 15 is 0 Å². The van der Waals surface area contributed by atoms with E-state index in [4.69, 9.17) is 24.8 Å². The van der Waals surface area contributed by atoms with Crippen LogP contribution >= 0.6 is 0 Å². The highest BCUT2D eigenvalue weighted by Gasteiger charge is 2.15. The first kappa shape index (κ1) is 27.7. The average Bonchev–Trinajstić information content (AvgIpc) is 3.02. The number of hydrazine groups is 1. The number of urea groups is 1. The zero-order valence-corrected chi connectivity index (χ0v) is 22.6. The maximum Gasteiger partial charge on any atom is 0.340 e. The summed E-state index contributed by atoms with van der Waals surface area (Å²) in [5, 5.41) is 14.2. The van der Waals surface area contributed by atoms with Crippen LogP contribution in [0.25, 0.3) is 10.9 Å². The Morgan fingerprint density at radius 1 is 1.07 bits per heavy atom. The number of hydrogen-bond acceptors (Lipinski definition) is 9. The van der Waals surface area contributed by atoms with Crippen molar-refractivity contribution in [2.45, 2.75) is 0 Å². The van der Waals surface area contributed by atoms with Crippen molar-refractivity contribution in [3.8, 4) is 29.1 Å². The highest BCUT2D eigenvalue weighted by molar-refractivity contribution is 6.00. The molecule has 1 aliphatic heterocycles. The molecular weight excluding hydrogens is 524 g/mol. The summed E-state index contributed by atoms with van der Waals surface area (Å²) in [4.78, 5) is 19.3. The van der Waals surface area contributed by atoms with Crippen molar-refractivity contribution in [3.63, 3.8) is 0 Å². The lowest BCUT2D eigenvalue weighted by Crippen LogP contribution is -2.40. The van der Waals surface area contributed by atoms with Gasteiger partial charge in [0.25, 0.3) is 0 Å². The molecular formula is C30H30N6O5. The number of fused-ring (bicyclic) bond motifs is 1. The van der Waals surface area contributed by atoms with E-state index in [-0.39, 0.29) is 0 Å². The third-order valence-corrected chi connectivity index (χ3v) is 6.59. The quantitative estimate of drug-likeness (QED) is 0.174. The zero-order chi connectivity index (χ0) is 28.6. The number of amides is 2. The lowest BCUT2D eigenvalue weighted by atomic mass is 10.1. The van der Waals surface area contributed by atoms with E-state index in [9.17, 15) is 10.1 Å². The van der Waals surface area contributed by atoms with Gasteiger partial charge in [0.15, 0.2) is 0 Å². The van der Waals surface area contributed by atoms with Crippen molar-refractivity contribution in [1.29, 1.82) is 5.26 Å². The van der Waals surface area contributed by atoms with E-state index in [1.54, 1.807) is 80.0 Å². The summed E-state index contributed by atoms with van der Waals surface area (Å²) in [6, 6.07) is 20.6.